The maximum absolute atomic E-state index is 12.4. The van der Waals surface area contributed by atoms with E-state index in [-0.39, 0.29) is 12.4 Å². The number of amides is 1. The van der Waals surface area contributed by atoms with Gasteiger partial charge >= 0.3 is 0 Å². The van der Waals surface area contributed by atoms with Gasteiger partial charge in [0.25, 0.3) is 5.91 Å². The Balaban J connectivity index is 1.60. The van der Waals surface area contributed by atoms with Crippen molar-refractivity contribution in [2.45, 2.75) is 56.7 Å². The van der Waals surface area contributed by atoms with E-state index in [1.807, 2.05) is 6.92 Å². The Bertz CT molecular complexity index is 893. The Morgan fingerprint density at radius 1 is 1.33 bits per heavy atom. The van der Waals surface area contributed by atoms with Crippen LogP contribution in [0.5, 0.6) is 0 Å². The van der Waals surface area contributed by atoms with Gasteiger partial charge in [-0.2, -0.15) is 0 Å². The molecule has 0 spiro atoms. The van der Waals surface area contributed by atoms with Crippen molar-refractivity contribution in [3.05, 3.63) is 12.7 Å². The summed E-state index contributed by atoms with van der Waals surface area (Å²) >= 11 is 0. The molecule has 2 aromatic heterocycles. The van der Waals surface area contributed by atoms with Crippen LogP contribution in [-0.4, -0.2) is 81.5 Å². The summed E-state index contributed by atoms with van der Waals surface area (Å²) in [6.45, 7) is 2.69. The Labute approximate surface area is 172 Å². The minimum Gasteiger partial charge on any atom is -0.382 e. The zero-order chi connectivity index (χ0) is 21.3. The van der Waals surface area contributed by atoms with Crippen LogP contribution in [0.1, 0.15) is 26.0 Å². The average molecular weight is 422 g/mol. The van der Waals surface area contributed by atoms with E-state index < -0.39 is 42.8 Å². The number of hydrogen-bond donors (Lipinski definition) is 3. The predicted molar refractivity (Wildman–Crippen MR) is 103 cm³/mol. The number of ether oxygens (including phenoxy) is 4. The van der Waals surface area contributed by atoms with Crippen molar-refractivity contribution >= 4 is 22.9 Å². The normalized spacial score (nSPS) is 29.2. The lowest BCUT2D eigenvalue weighted by Gasteiger charge is -2.23. The third kappa shape index (κ3) is 3.72. The lowest BCUT2D eigenvalue weighted by atomic mass is 10.0. The van der Waals surface area contributed by atoms with Crippen molar-refractivity contribution in [3.8, 4) is 0 Å². The summed E-state index contributed by atoms with van der Waals surface area (Å²) in [7, 11) is 1.53. The number of carbonyl (C=O) groups is 1. The van der Waals surface area contributed by atoms with Gasteiger partial charge in [-0.05, 0) is 6.42 Å². The van der Waals surface area contributed by atoms with Crippen LogP contribution in [0.25, 0.3) is 11.2 Å². The topological polar surface area (TPSA) is 156 Å². The first-order valence-electron chi connectivity index (χ1n) is 9.89. The van der Waals surface area contributed by atoms with Crippen molar-refractivity contribution in [2.24, 2.45) is 0 Å². The molecule has 4 N–H and O–H groups in total. The molecule has 1 amide bonds. The molecule has 0 aliphatic carbocycles. The summed E-state index contributed by atoms with van der Waals surface area (Å²) in [5.41, 5.74) is 6.75. The van der Waals surface area contributed by atoms with Crippen LogP contribution in [0.4, 0.5) is 5.82 Å². The predicted octanol–water partition coefficient (Wildman–Crippen LogP) is -0.660. The van der Waals surface area contributed by atoms with Crippen LogP contribution in [-0.2, 0) is 23.7 Å². The van der Waals surface area contributed by atoms with E-state index in [1.165, 1.54) is 19.8 Å². The van der Waals surface area contributed by atoms with Crippen LogP contribution in [0.3, 0.4) is 0 Å². The maximum Gasteiger partial charge on any atom is 0.251 e. The molecule has 2 aliphatic heterocycles. The van der Waals surface area contributed by atoms with Crippen molar-refractivity contribution in [1.29, 1.82) is 0 Å². The second-order valence-electron chi connectivity index (χ2n) is 7.25. The molecule has 2 aliphatic rings. The van der Waals surface area contributed by atoms with Crippen molar-refractivity contribution < 1.29 is 28.8 Å². The highest BCUT2D eigenvalue weighted by molar-refractivity contribution is 5.82. The molecule has 6 atom stereocenters. The SMILES string of the molecule is CCCCNC(=O)C(O)[C@H]1O[C@@H](n2cnc3c(N)ncnc32)[C@@H]2OC(COC)O[C@@H]21. The summed E-state index contributed by atoms with van der Waals surface area (Å²) in [5.74, 6) is -0.283. The number of nitrogens with one attached hydrogen (secondary N) is 1. The molecule has 4 heterocycles. The summed E-state index contributed by atoms with van der Waals surface area (Å²) in [4.78, 5) is 24.9. The minimum atomic E-state index is -1.43. The smallest absolute Gasteiger partial charge is 0.251 e. The lowest BCUT2D eigenvalue weighted by Crippen LogP contribution is -2.47. The van der Waals surface area contributed by atoms with Gasteiger partial charge in [-0.25, -0.2) is 15.0 Å². The number of nitrogens with two attached hydrogens (primary N) is 1. The van der Waals surface area contributed by atoms with E-state index in [0.717, 1.165) is 12.8 Å². The molecule has 0 radical (unpaired) electrons. The van der Waals surface area contributed by atoms with Gasteiger partial charge in [0.15, 0.2) is 30.1 Å². The van der Waals surface area contributed by atoms with E-state index in [2.05, 4.69) is 20.3 Å². The third-order valence-electron chi connectivity index (χ3n) is 5.22. The quantitative estimate of drug-likeness (QED) is 0.467. The van der Waals surface area contributed by atoms with Crippen LogP contribution >= 0.6 is 0 Å². The maximum atomic E-state index is 12.4. The van der Waals surface area contributed by atoms with Crippen LogP contribution in [0.15, 0.2) is 12.7 Å². The molecule has 0 saturated carbocycles. The largest absolute Gasteiger partial charge is 0.382 e. The van der Waals surface area contributed by atoms with Gasteiger partial charge in [-0.15, -0.1) is 0 Å². The van der Waals surface area contributed by atoms with E-state index in [4.69, 9.17) is 24.7 Å². The second-order valence-corrected chi connectivity index (χ2v) is 7.25. The molecular formula is C18H26N6O6. The highest BCUT2D eigenvalue weighted by atomic mass is 16.8. The van der Waals surface area contributed by atoms with Gasteiger partial charge in [0, 0.05) is 13.7 Å². The van der Waals surface area contributed by atoms with Crippen molar-refractivity contribution in [3.63, 3.8) is 0 Å². The molecule has 0 bridgehead atoms. The summed E-state index contributed by atoms with van der Waals surface area (Å²) in [6, 6.07) is 0. The van der Waals surface area contributed by atoms with E-state index in [1.54, 1.807) is 4.57 Å². The molecule has 2 unspecified atom stereocenters. The first-order chi connectivity index (χ1) is 14.5. The molecule has 30 heavy (non-hydrogen) atoms. The van der Waals surface area contributed by atoms with E-state index in [9.17, 15) is 9.90 Å². The van der Waals surface area contributed by atoms with Gasteiger partial charge in [-0.1, -0.05) is 13.3 Å². The standard InChI is InChI=1S/C18H26N6O6/c1-3-4-5-20-17(26)11(25)12-13-14(29-9(28-13)6-27-2)18(30-12)24-8-23-10-15(19)21-7-22-16(10)24/h7-9,11-14,18,25H,3-6H2,1-2H3,(H,20,26)(H2,19,21,22)/t9?,11?,12-,13-,14-,18-/m1/s1. The zero-order valence-electron chi connectivity index (χ0n) is 16.8. The van der Waals surface area contributed by atoms with Crippen LogP contribution < -0.4 is 11.1 Å². The number of carbonyl (C=O) groups excluding carboxylic acids is 1. The number of imidazole rings is 1. The number of nitrogen functional groups attached to an aromatic ring is 1. The fourth-order valence-corrected chi connectivity index (χ4v) is 3.74. The number of aromatic nitrogens is 4. The number of anilines is 1. The van der Waals surface area contributed by atoms with Crippen LogP contribution in [0, 0.1) is 0 Å². The number of rotatable bonds is 8. The Hall–Kier alpha value is -2.38. The fourth-order valence-electron chi connectivity index (χ4n) is 3.74. The molecule has 12 nitrogen and oxygen atoms in total. The number of aliphatic hydroxyl groups is 1. The molecule has 2 fully saturated rings. The third-order valence-corrected chi connectivity index (χ3v) is 5.22. The number of methoxy groups -OCH3 is 1. The number of unbranched alkanes of at least 4 members (excludes halogenated alkanes) is 1. The van der Waals surface area contributed by atoms with Gasteiger partial charge in [0.1, 0.15) is 30.2 Å². The van der Waals surface area contributed by atoms with Crippen LogP contribution in [0.2, 0.25) is 0 Å². The molecule has 12 heteroatoms. The molecule has 2 aromatic rings. The number of hydrogen-bond acceptors (Lipinski definition) is 10. The molecular weight excluding hydrogens is 396 g/mol. The zero-order valence-corrected chi connectivity index (χ0v) is 16.8. The van der Waals surface area contributed by atoms with Gasteiger partial charge < -0.3 is 35.1 Å². The van der Waals surface area contributed by atoms with Gasteiger partial charge in [0.05, 0.1) is 12.9 Å². The molecule has 2 saturated heterocycles. The fraction of sp³-hybridized carbons (Fsp3) is 0.667. The summed E-state index contributed by atoms with van der Waals surface area (Å²) < 4.78 is 24.7. The highest BCUT2D eigenvalue weighted by Crippen LogP contribution is 2.41. The number of fused-ring (bicyclic) bond motifs is 2. The second kappa shape index (κ2) is 8.78. The van der Waals surface area contributed by atoms with E-state index in [0.29, 0.717) is 17.7 Å². The molecule has 0 aromatic carbocycles. The van der Waals surface area contributed by atoms with Gasteiger partial charge in [-0.3, -0.25) is 9.36 Å². The summed E-state index contributed by atoms with van der Waals surface area (Å²) in [6.07, 6.45) is -0.466. The first kappa shape index (κ1) is 20.9. The molecule has 4 rings (SSSR count). The Morgan fingerprint density at radius 3 is 2.90 bits per heavy atom. The highest BCUT2D eigenvalue weighted by Gasteiger charge is 2.56. The molecule has 164 valence electrons. The number of aliphatic hydroxyl groups excluding tert-OH is 1. The summed E-state index contributed by atoms with van der Waals surface area (Å²) in [5, 5.41) is 13.4. The average Bonchev–Trinajstić information content (AvgIpc) is 3.42. The lowest BCUT2D eigenvalue weighted by molar-refractivity contribution is -0.180. The minimum absolute atomic E-state index is 0.199. The van der Waals surface area contributed by atoms with E-state index >= 15 is 0 Å². The monoisotopic (exact) mass is 422 g/mol. The number of nitrogens with zero attached hydrogens (tertiary/aromatic N) is 4. The van der Waals surface area contributed by atoms with Crippen molar-refractivity contribution in [1.82, 2.24) is 24.8 Å². The first-order valence-corrected chi connectivity index (χ1v) is 9.89. The Kier molecular flexibility index (Phi) is 6.11. The van der Waals surface area contributed by atoms with Gasteiger partial charge in [0.2, 0.25) is 0 Å². The Morgan fingerprint density at radius 2 is 2.13 bits per heavy atom. The van der Waals surface area contributed by atoms with Crippen molar-refractivity contribution in [2.75, 3.05) is 26.0 Å².